The van der Waals surface area contributed by atoms with Crippen molar-refractivity contribution in [1.29, 1.82) is 5.26 Å². The van der Waals surface area contributed by atoms with E-state index in [1.54, 1.807) is 0 Å². The SMILES string of the molecule is Cc1cp(CCC#N)c(-c2cccn2C)c1C. The number of nitrogens with zero attached hydrogens (tertiary/aromatic N) is 2. The molecule has 0 spiro atoms. The number of hydrogen-bond donors (Lipinski definition) is 0. The average molecular weight is 244 g/mol. The van der Waals surface area contributed by atoms with Gasteiger partial charge >= 0.3 is 0 Å². The van der Waals surface area contributed by atoms with Crippen LogP contribution in [-0.2, 0) is 13.2 Å². The zero-order valence-electron chi connectivity index (χ0n) is 10.6. The minimum Gasteiger partial charge on any atom is -0.350 e. The molecule has 88 valence electrons. The lowest BCUT2D eigenvalue weighted by Crippen LogP contribution is -1.89. The minimum atomic E-state index is -0.286. The van der Waals surface area contributed by atoms with Crippen molar-refractivity contribution in [3.8, 4) is 17.1 Å². The van der Waals surface area contributed by atoms with Crippen LogP contribution in [0.1, 0.15) is 17.5 Å². The Morgan fingerprint density at radius 3 is 2.76 bits per heavy atom. The molecule has 2 nitrogen and oxygen atoms in total. The van der Waals surface area contributed by atoms with Crippen molar-refractivity contribution in [1.82, 2.24) is 4.57 Å². The number of hydrogen-bond acceptors (Lipinski definition) is 1. The van der Waals surface area contributed by atoms with Crippen LogP contribution in [0.4, 0.5) is 0 Å². The summed E-state index contributed by atoms with van der Waals surface area (Å²) >= 11 is 0. The maximum Gasteiger partial charge on any atom is 0.0628 e. The van der Waals surface area contributed by atoms with Crippen LogP contribution in [0.25, 0.3) is 11.0 Å². The molecular formula is C14H17N2P. The van der Waals surface area contributed by atoms with Gasteiger partial charge < -0.3 is 4.57 Å². The van der Waals surface area contributed by atoms with E-state index in [1.165, 1.54) is 22.1 Å². The monoisotopic (exact) mass is 244 g/mol. The smallest absolute Gasteiger partial charge is 0.0628 e. The van der Waals surface area contributed by atoms with Gasteiger partial charge in [-0.2, -0.15) is 5.26 Å². The van der Waals surface area contributed by atoms with Crippen LogP contribution in [0.2, 0.25) is 0 Å². The summed E-state index contributed by atoms with van der Waals surface area (Å²) < 4.78 is 2.17. The largest absolute Gasteiger partial charge is 0.350 e. The molecule has 0 fully saturated rings. The summed E-state index contributed by atoms with van der Waals surface area (Å²) in [5.41, 5.74) is 4.08. The Hall–Kier alpha value is -1.45. The van der Waals surface area contributed by atoms with E-state index in [0.29, 0.717) is 6.42 Å². The van der Waals surface area contributed by atoms with Crippen molar-refractivity contribution in [2.75, 3.05) is 0 Å². The fourth-order valence-corrected chi connectivity index (χ4v) is 4.81. The molecule has 0 N–H and O–H groups in total. The Labute approximate surface area is 104 Å². The van der Waals surface area contributed by atoms with E-state index in [2.05, 4.69) is 55.7 Å². The fraction of sp³-hybridized carbons (Fsp3) is 0.357. The Kier molecular flexibility index (Phi) is 3.41. The fourth-order valence-electron chi connectivity index (χ4n) is 2.19. The summed E-state index contributed by atoms with van der Waals surface area (Å²) in [5.74, 6) is 2.37. The highest BCUT2D eigenvalue weighted by atomic mass is 31.1. The topological polar surface area (TPSA) is 28.7 Å². The molecule has 0 aliphatic carbocycles. The molecule has 0 radical (unpaired) electrons. The number of rotatable bonds is 3. The highest BCUT2D eigenvalue weighted by Gasteiger charge is 2.14. The second-order valence-electron chi connectivity index (χ2n) is 4.39. The minimum absolute atomic E-state index is 0.286. The lowest BCUT2D eigenvalue weighted by Gasteiger charge is -2.07. The van der Waals surface area contributed by atoms with Crippen LogP contribution in [0.15, 0.2) is 24.1 Å². The van der Waals surface area contributed by atoms with E-state index in [9.17, 15) is 0 Å². The van der Waals surface area contributed by atoms with Crippen molar-refractivity contribution < 1.29 is 0 Å². The molecule has 0 saturated carbocycles. The van der Waals surface area contributed by atoms with Gasteiger partial charge in [-0.1, -0.05) is 0 Å². The molecular weight excluding hydrogens is 227 g/mol. The molecule has 0 aliphatic rings. The Balaban J connectivity index is 2.52. The second-order valence-corrected chi connectivity index (χ2v) is 6.48. The second kappa shape index (κ2) is 4.82. The first-order valence-corrected chi connectivity index (χ1v) is 7.39. The third-order valence-corrected chi connectivity index (χ3v) is 5.78. The van der Waals surface area contributed by atoms with Crippen LogP contribution in [0.5, 0.6) is 0 Å². The molecule has 0 amide bonds. The number of aromatic nitrogens is 1. The highest BCUT2D eigenvalue weighted by molar-refractivity contribution is 7.51. The van der Waals surface area contributed by atoms with Crippen LogP contribution < -0.4 is 0 Å². The molecule has 0 saturated heterocycles. The predicted molar refractivity (Wildman–Crippen MR) is 73.3 cm³/mol. The Morgan fingerprint density at radius 1 is 1.41 bits per heavy atom. The molecule has 0 aromatic carbocycles. The lowest BCUT2D eigenvalue weighted by atomic mass is 10.1. The molecule has 17 heavy (non-hydrogen) atoms. The van der Waals surface area contributed by atoms with Gasteiger partial charge in [-0.25, -0.2) is 0 Å². The van der Waals surface area contributed by atoms with Gasteiger partial charge in [0.25, 0.3) is 0 Å². The van der Waals surface area contributed by atoms with E-state index in [1.807, 2.05) is 0 Å². The maximum atomic E-state index is 8.75. The van der Waals surface area contributed by atoms with Crippen LogP contribution >= 0.6 is 7.53 Å². The summed E-state index contributed by atoms with van der Waals surface area (Å²) in [7, 11) is 1.80. The zero-order valence-corrected chi connectivity index (χ0v) is 11.5. The third kappa shape index (κ3) is 2.16. The van der Waals surface area contributed by atoms with Gasteiger partial charge in [-0.15, -0.1) is 7.53 Å². The van der Waals surface area contributed by atoms with Gasteiger partial charge in [0.05, 0.1) is 11.8 Å². The summed E-state index contributed by atoms with van der Waals surface area (Å²) in [5, 5.41) is 10.2. The standard InChI is InChI=1S/C14H17N2P/c1-11-10-17(9-5-7-15)14(12(11)2)13-6-4-8-16(13)3/h4,6,8,10H,5,9H2,1-3H3. The van der Waals surface area contributed by atoms with Crippen molar-refractivity contribution >= 4 is 7.53 Å². The van der Waals surface area contributed by atoms with Gasteiger partial charge in [-0.05, 0) is 49.1 Å². The molecule has 0 bridgehead atoms. The van der Waals surface area contributed by atoms with E-state index in [0.717, 1.165) is 6.16 Å². The van der Waals surface area contributed by atoms with Crippen molar-refractivity contribution in [3.05, 3.63) is 35.3 Å². The van der Waals surface area contributed by atoms with Gasteiger partial charge in [0.15, 0.2) is 0 Å². The van der Waals surface area contributed by atoms with Gasteiger partial charge in [0, 0.05) is 25.0 Å². The summed E-state index contributed by atoms with van der Waals surface area (Å²) in [4.78, 5) is 0. The summed E-state index contributed by atoms with van der Waals surface area (Å²) in [6, 6.07) is 6.52. The first-order chi connectivity index (χ1) is 8.15. The van der Waals surface area contributed by atoms with Gasteiger partial charge in [0.2, 0.25) is 0 Å². The first kappa shape index (κ1) is 12.0. The maximum absolute atomic E-state index is 8.75. The molecule has 0 aliphatic heterocycles. The summed E-state index contributed by atoms with van der Waals surface area (Å²) in [6.45, 7) is 4.37. The molecule has 2 rings (SSSR count). The molecule has 2 aromatic heterocycles. The van der Waals surface area contributed by atoms with Crippen molar-refractivity contribution in [3.63, 3.8) is 0 Å². The summed E-state index contributed by atoms with van der Waals surface area (Å²) in [6.07, 6.45) is 3.72. The Morgan fingerprint density at radius 2 is 2.18 bits per heavy atom. The van der Waals surface area contributed by atoms with E-state index in [4.69, 9.17) is 5.26 Å². The average Bonchev–Trinajstić information content (AvgIpc) is 2.82. The van der Waals surface area contributed by atoms with Crippen LogP contribution in [0.3, 0.4) is 0 Å². The van der Waals surface area contributed by atoms with E-state index >= 15 is 0 Å². The van der Waals surface area contributed by atoms with E-state index in [-0.39, 0.29) is 7.53 Å². The van der Waals surface area contributed by atoms with Crippen LogP contribution in [-0.4, -0.2) is 4.57 Å². The normalized spacial score (nSPS) is 11.5. The Bertz CT molecular complexity index is 570. The van der Waals surface area contributed by atoms with Crippen molar-refractivity contribution in [2.24, 2.45) is 7.05 Å². The predicted octanol–water partition coefficient (Wildman–Crippen LogP) is 4.21. The first-order valence-electron chi connectivity index (χ1n) is 5.80. The molecule has 3 heteroatoms. The third-order valence-electron chi connectivity index (χ3n) is 3.23. The van der Waals surface area contributed by atoms with Gasteiger partial charge in [-0.3, -0.25) is 0 Å². The van der Waals surface area contributed by atoms with Crippen LogP contribution in [0, 0.1) is 25.2 Å². The number of nitriles is 1. The van der Waals surface area contributed by atoms with E-state index < -0.39 is 0 Å². The molecule has 1 unspecified atom stereocenters. The van der Waals surface area contributed by atoms with Gasteiger partial charge in [0.1, 0.15) is 0 Å². The molecule has 2 heterocycles. The zero-order chi connectivity index (χ0) is 12.4. The molecule has 1 atom stereocenters. The molecule has 2 aromatic rings. The highest BCUT2D eigenvalue weighted by Crippen LogP contribution is 2.47. The lowest BCUT2D eigenvalue weighted by molar-refractivity contribution is 0.938. The quantitative estimate of drug-likeness (QED) is 0.795. The number of aryl methyl sites for hydroxylation is 3. The van der Waals surface area contributed by atoms with Crippen molar-refractivity contribution in [2.45, 2.75) is 26.4 Å².